The lowest BCUT2D eigenvalue weighted by atomic mass is 10.2. The minimum Gasteiger partial charge on any atom is -0.462 e. The van der Waals surface area contributed by atoms with Crippen LogP contribution in [0, 0.1) is 6.92 Å². The highest BCUT2D eigenvalue weighted by Crippen LogP contribution is 2.28. The van der Waals surface area contributed by atoms with Crippen molar-refractivity contribution < 1.29 is 22.7 Å². The number of nitrogens with zero attached hydrogens (tertiary/aromatic N) is 3. The molecule has 31 heavy (non-hydrogen) atoms. The molecule has 0 saturated carbocycles. The van der Waals surface area contributed by atoms with Gasteiger partial charge in [0.1, 0.15) is 4.88 Å². The molecule has 2 rings (SSSR count). The number of likely N-dealkylation sites (N-methyl/N-ethyl adjacent to an activating group) is 1. The number of hydrogen-bond donors (Lipinski definition) is 0. The number of thiazole rings is 1. The number of aryl methyl sites for hydroxylation is 1. The summed E-state index contributed by atoms with van der Waals surface area (Å²) in [5.41, 5.74) is 0.483. The summed E-state index contributed by atoms with van der Waals surface area (Å²) in [6, 6.07) is 7.98. The third-order valence-corrected chi connectivity index (χ3v) is 7.55. The highest BCUT2D eigenvalue weighted by atomic mass is 32.2. The Balaban J connectivity index is 2.26. The number of aromatic nitrogens is 1. The highest BCUT2D eigenvalue weighted by molar-refractivity contribution is 7.89. The first kappa shape index (κ1) is 25.0. The van der Waals surface area contributed by atoms with Crippen LogP contribution in [0.4, 0.5) is 5.13 Å². The average Bonchev–Trinajstić information content (AvgIpc) is 3.13. The highest BCUT2D eigenvalue weighted by Gasteiger charge is 2.28. The van der Waals surface area contributed by atoms with Crippen LogP contribution in [-0.2, 0) is 19.6 Å². The Labute approximate surface area is 187 Å². The maximum Gasteiger partial charge on any atom is 0.350 e. The lowest BCUT2D eigenvalue weighted by Gasteiger charge is -2.23. The van der Waals surface area contributed by atoms with Crippen LogP contribution < -0.4 is 4.90 Å². The monoisotopic (exact) mass is 467 g/mol. The second kappa shape index (κ2) is 11.4. The molecular formula is C21H29N3O5S2. The lowest BCUT2D eigenvalue weighted by Crippen LogP contribution is -2.41. The Hall–Kier alpha value is -2.30. The zero-order valence-corrected chi connectivity index (χ0v) is 20.0. The smallest absolute Gasteiger partial charge is 0.350 e. The van der Waals surface area contributed by atoms with E-state index in [-0.39, 0.29) is 18.0 Å². The van der Waals surface area contributed by atoms with Crippen LogP contribution in [0.1, 0.15) is 48.5 Å². The predicted molar refractivity (Wildman–Crippen MR) is 121 cm³/mol. The zero-order valence-electron chi connectivity index (χ0n) is 18.3. The van der Waals surface area contributed by atoms with Crippen LogP contribution >= 0.6 is 11.3 Å². The normalized spacial score (nSPS) is 11.5. The van der Waals surface area contributed by atoms with Crippen LogP contribution in [0.15, 0.2) is 35.2 Å². The molecule has 0 aliphatic rings. The van der Waals surface area contributed by atoms with Crippen molar-refractivity contribution in [2.24, 2.45) is 0 Å². The Morgan fingerprint density at radius 3 is 2.42 bits per heavy atom. The lowest BCUT2D eigenvalue weighted by molar-refractivity contribution is -0.118. The van der Waals surface area contributed by atoms with Gasteiger partial charge in [0.15, 0.2) is 5.13 Å². The standard InChI is InChI=1S/C21H29N3O5S2/c1-5-7-11-14-24(21-22-16(3)19(30-21)20(26)29-6-2)18(25)15-23(4)31(27,28)17-12-9-8-10-13-17/h8-10,12-13H,5-7,11,14-15H2,1-4H3. The number of anilines is 1. The van der Waals surface area contributed by atoms with Gasteiger partial charge in [0.05, 0.1) is 23.7 Å². The summed E-state index contributed by atoms with van der Waals surface area (Å²) in [5.74, 6) is -0.879. The Kier molecular flexibility index (Phi) is 9.15. The largest absolute Gasteiger partial charge is 0.462 e. The molecule has 170 valence electrons. The van der Waals surface area contributed by atoms with Gasteiger partial charge in [0.2, 0.25) is 15.9 Å². The Morgan fingerprint density at radius 2 is 1.81 bits per heavy atom. The molecule has 1 aromatic heterocycles. The van der Waals surface area contributed by atoms with E-state index in [0.717, 1.165) is 34.9 Å². The molecule has 10 heteroatoms. The topological polar surface area (TPSA) is 96.9 Å². The molecule has 0 aliphatic carbocycles. The van der Waals surface area contributed by atoms with Gasteiger partial charge in [-0.25, -0.2) is 18.2 Å². The fourth-order valence-electron chi connectivity index (χ4n) is 2.86. The summed E-state index contributed by atoms with van der Waals surface area (Å²) < 4.78 is 31.7. The van der Waals surface area contributed by atoms with Crippen LogP contribution in [0.2, 0.25) is 0 Å². The summed E-state index contributed by atoms with van der Waals surface area (Å²) in [4.78, 5) is 31.6. The van der Waals surface area contributed by atoms with E-state index >= 15 is 0 Å². The number of hydrogen-bond acceptors (Lipinski definition) is 7. The summed E-state index contributed by atoms with van der Waals surface area (Å²) in [6.45, 7) is 5.76. The Bertz CT molecular complexity index is 990. The molecule has 2 aromatic rings. The second-order valence-electron chi connectivity index (χ2n) is 6.96. The van der Waals surface area contributed by atoms with Crippen molar-refractivity contribution in [2.45, 2.75) is 44.9 Å². The number of carbonyl (C=O) groups excluding carboxylic acids is 2. The van der Waals surface area contributed by atoms with Crippen molar-refractivity contribution in [3.05, 3.63) is 40.9 Å². The molecule has 1 amide bonds. The molecular weight excluding hydrogens is 438 g/mol. The second-order valence-corrected chi connectivity index (χ2v) is 9.98. The van der Waals surface area contributed by atoms with E-state index in [1.165, 1.54) is 24.1 Å². The number of ether oxygens (including phenoxy) is 1. The minimum absolute atomic E-state index is 0.123. The van der Waals surface area contributed by atoms with Gasteiger partial charge in [-0.1, -0.05) is 49.3 Å². The van der Waals surface area contributed by atoms with E-state index in [1.54, 1.807) is 32.0 Å². The van der Waals surface area contributed by atoms with E-state index in [9.17, 15) is 18.0 Å². The molecule has 1 heterocycles. The fourth-order valence-corrected chi connectivity index (χ4v) is 5.01. The van der Waals surface area contributed by atoms with E-state index in [2.05, 4.69) is 11.9 Å². The van der Waals surface area contributed by atoms with Gasteiger partial charge < -0.3 is 4.74 Å². The zero-order chi connectivity index (χ0) is 23.0. The molecule has 8 nitrogen and oxygen atoms in total. The maximum absolute atomic E-state index is 13.1. The van der Waals surface area contributed by atoms with E-state index in [1.807, 2.05) is 0 Å². The average molecular weight is 468 g/mol. The van der Waals surface area contributed by atoms with Gasteiger partial charge in [-0.2, -0.15) is 4.31 Å². The molecule has 0 fully saturated rings. The van der Waals surface area contributed by atoms with Crippen molar-refractivity contribution in [1.82, 2.24) is 9.29 Å². The third kappa shape index (κ3) is 6.34. The molecule has 0 N–H and O–H groups in total. The van der Waals surface area contributed by atoms with Crippen molar-refractivity contribution in [1.29, 1.82) is 0 Å². The fraction of sp³-hybridized carbons (Fsp3) is 0.476. The first-order chi connectivity index (χ1) is 14.7. The first-order valence-corrected chi connectivity index (χ1v) is 12.4. The van der Waals surface area contributed by atoms with E-state index in [4.69, 9.17) is 4.74 Å². The van der Waals surface area contributed by atoms with E-state index in [0.29, 0.717) is 22.2 Å². The van der Waals surface area contributed by atoms with Crippen LogP contribution in [-0.4, -0.2) is 56.3 Å². The molecule has 0 spiro atoms. The van der Waals surface area contributed by atoms with Gasteiger partial charge >= 0.3 is 5.97 Å². The predicted octanol–water partition coefficient (Wildman–Crippen LogP) is 3.47. The molecule has 0 aliphatic heterocycles. The SMILES string of the molecule is CCCCCN(C(=O)CN(C)S(=O)(=O)c1ccccc1)c1nc(C)c(C(=O)OCC)s1. The maximum atomic E-state index is 13.1. The van der Waals surface area contributed by atoms with Crippen LogP contribution in [0.25, 0.3) is 0 Å². The molecule has 0 radical (unpaired) electrons. The first-order valence-electron chi connectivity index (χ1n) is 10.2. The quantitative estimate of drug-likeness (QED) is 0.371. The van der Waals surface area contributed by atoms with Gasteiger partial charge in [0.25, 0.3) is 0 Å². The number of sulfonamides is 1. The number of benzene rings is 1. The van der Waals surface area contributed by atoms with Crippen molar-refractivity contribution in [3.8, 4) is 0 Å². The number of rotatable bonds is 11. The van der Waals surface area contributed by atoms with Crippen LogP contribution in [0.3, 0.4) is 0 Å². The van der Waals surface area contributed by atoms with Crippen molar-refractivity contribution in [2.75, 3.05) is 31.6 Å². The number of esters is 1. The van der Waals surface area contributed by atoms with Crippen molar-refractivity contribution >= 4 is 38.4 Å². The summed E-state index contributed by atoms with van der Waals surface area (Å²) in [7, 11) is -2.43. The number of unbranched alkanes of at least 4 members (excludes halogenated alkanes) is 2. The molecule has 0 unspecified atom stereocenters. The molecule has 0 bridgehead atoms. The summed E-state index contributed by atoms with van der Waals surface area (Å²) in [6.07, 6.45) is 2.62. The van der Waals surface area contributed by atoms with Gasteiger partial charge in [-0.15, -0.1) is 0 Å². The van der Waals surface area contributed by atoms with Gasteiger partial charge in [-0.05, 0) is 32.4 Å². The minimum atomic E-state index is -3.80. The van der Waals surface area contributed by atoms with Gasteiger partial charge in [0, 0.05) is 13.6 Å². The molecule has 0 atom stereocenters. The van der Waals surface area contributed by atoms with Gasteiger partial charge in [-0.3, -0.25) is 9.69 Å². The molecule has 1 aromatic carbocycles. The summed E-state index contributed by atoms with van der Waals surface area (Å²) >= 11 is 1.08. The molecule has 0 saturated heterocycles. The van der Waals surface area contributed by atoms with E-state index < -0.39 is 21.9 Å². The number of carbonyl (C=O) groups is 2. The number of amides is 1. The van der Waals surface area contributed by atoms with Crippen molar-refractivity contribution in [3.63, 3.8) is 0 Å². The van der Waals surface area contributed by atoms with Crippen LogP contribution in [0.5, 0.6) is 0 Å². The third-order valence-electron chi connectivity index (χ3n) is 4.57. The Morgan fingerprint density at radius 1 is 1.13 bits per heavy atom. The summed E-state index contributed by atoms with van der Waals surface area (Å²) in [5, 5.41) is 0.368.